The van der Waals surface area contributed by atoms with Crippen LogP contribution in [-0.4, -0.2) is 23.8 Å². The molecule has 0 radical (unpaired) electrons. The number of amides is 1. The second kappa shape index (κ2) is 8.88. The number of methoxy groups -OCH3 is 1. The lowest BCUT2D eigenvalue weighted by Crippen LogP contribution is -2.18. The molecule has 5 heteroatoms. The Hall–Kier alpha value is -3.86. The topological polar surface area (TPSA) is 55.6 Å². The summed E-state index contributed by atoms with van der Waals surface area (Å²) in [5.74, 6) is 0.221. The number of fused-ring (bicyclic) bond motifs is 1. The number of para-hydroxylation sites is 1. The first-order valence-corrected chi connectivity index (χ1v) is 10.2. The number of aryl methyl sites for hydroxylation is 2. The van der Waals surface area contributed by atoms with E-state index in [1.807, 2.05) is 31.2 Å². The Labute approximate surface area is 182 Å². The number of hydrogen-bond acceptors (Lipinski definition) is 3. The molecule has 0 unspecified atom stereocenters. The van der Waals surface area contributed by atoms with E-state index in [4.69, 9.17) is 4.74 Å². The lowest BCUT2D eigenvalue weighted by atomic mass is 10.1. The maximum Gasteiger partial charge on any atom is 0.275 e. The molecular weight excluding hydrogens is 386 g/mol. The van der Waals surface area contributed by atoms with Gasteiger partial charge in [0.2, 0.25) is 0 Å². The number of rotatable bonds is 6. The minimum Gasteiger partial charge on any atom is -0.496 e. The van der Waals surface area contributed by atoms with E-state index in [2.05, 4.69) is 64.6 Å². The van der Waals surface area contributed by atoms with Gasteiger partial charge in [-0.3, -0.25) is 4.79 Å². The second-order valence-corrected chi connectivity index (χ2v) is 7.62. The van der Waals surface area contributed by atoms with Crippen LogP contribution in [0.25, 0.3) is 10.9 Å². The van der Waals surface area contributed by atoms with Crippen LogP contribution in [0.3, 0.4) is 0 Å². The predicted molar refractivity (Wildman–Crippen MR) is 125 cm³/mol. The van der Waals surface area contributed by atoms with Gasteiger partial charge in [-0.25, -0.2) is 5.43 Å². The molecule has 1 heterocycles. The van der Waals surface area contributed by atoms with Crippen molar-refractivity contribution in [1.82, 2.24) is 9.99 Å². The standard InChI is InChI=1S/C26H25N3O2/c1-18-7-6-8-20(13-18)16-29-17-21(22-9-4-5-10-24(22)29)15-27-28-26(30)23-12-11-19(2)14-25(23)31-3/h4-15,17H,16H2,1-3H3,(H,28,30)/b27-15-. The molecule has 5 nitrogen and oxygen atoms in total. The molecule has 1 aromatic heterocycles. The van der Waals surface area contributed by atoms with E-state index in [1.54, 1.807) is 19.4 Å². The molecule has 4 rings (SSSR count). The number of benzene rings is 3. The van der Waals surface area contributed by atoms with Gasteiger partial charge in [-0.1, -0.05) is 54.1 Å². The SMILES string of the molecule is COc1cc(C)ccc1C(=O)N/N=C\c1cn(Cc2cccc(C)c2)c2ccccc12. The van der Waals surface area contributed by atoms with Crippen LogP contribution in [0.2, 0.25) is 0 Å². The van der Waals surface area contributed by atoms with Gasteiger partial charge in [0.25, 0.3) is 5.91 Å². The van der Waals surface area contributed by atoms with Crippen LogP contribution in [0.5, 0.6) is 5.75 Å². The third kappa shape index (κ3) is 4.51. The number of nitrogens with one attached hydrogen (secondary N) is 1. The summed E-state index contributed by atoms with van der Waals surface area (Å²) in [6.07, 6.45) is 3.75. The van der Waals surface area contributed by atoms with Gasteiger partial charge >= 0.3 is 0 Å². The third-order valence-corrected chi connectivity index (χ3v) is 5.23. The van der Waals surface area contributed by atoms with Gasteiger partial charge in [0.15, 0.2) is 0 Å². The minimum atomic E-state index is -0.309. The van der Waals surface area contributed by atoms with Crippen molar-refractivity contribution in [3.63, 3.8) is 0 Å². The number of carbonyl (C=O) groups excluding carboxylic acids is 1. The fourth-order valence-corrected chi connectivity index (χ4v) is 3.72. The highest BCUT2D eigenvalue weighted by Gasteiger charge is 2.12. The molecule has 0 aliphatic carbocycles. The molecule has 31 heavy (non-hydrogen) atoms. The molecule has 0 atom stereocenters. The summed E-state index contributed by atoms with van der Waals surface area (Å²) >= 11 is 0. The van der Waals surface area contributed by atoms with Crippen LogP contribution in [0.1, 0.15) is 32.6 Å². The van der Waals surface area contributed by atoms with Crippen molar-refractivity contribution in [2.75, 3.05) is 7.11 Å². The first-order valence-electron chi connectivity index (χ1n) is 10.2. The van der Waals surface area contributed by atoms with E-state index in [9.17, 15) is 4.79 Å². The van der Waals surface area contributed by atoms with Crippen molar-refractivity contribution in [3.8, 4) is 5.75 Å². The van der Waals surface area contributed by atoms with E-state index in [0.717, 1.165) is 28.6 Å². The summed E-state index contributed by atoms with van der Waals surface area (Å²) < 4.78 is 7.53. The smallest absolute Gasteiger partial charge is 0.275 e. The highest BCUT2D eigenvalue weighted by Crippen LogP contribution is 2.22. The first-order chi connectivity index (χ1) is 15.0. The summed E-state index contributed by atoms with van der Waals surface area (Å²) in [7, 11) is 1.55. The maximum absolute atomic E-state index is 12.6. The molecule has 0 saturated carbocycles. The van der Waals surface area contributed by atoms with Crippen LogP contribution < -0.4 is 10.2 Å². The summed E-state index contributed by atoms with van der Waals surface area (Å²) in [6.45, 7) is 4.82. The number of carbonyl (C=O) groups is 1. The van der Waals surface area contributed by atoms with Crippen molar-refractivity contribution < 1.29 is 9.53 Å². The molecule has 0 saturated heterocycles. The summed E-state index contributed by atoms with van der Waals surface area (Å²) in [5, 5.41) is 5.29. The number of nitrogens with zero attached hydrogens (tertiary/aromatic N) is 2. The minimum absolute atomic E-state index is 0.309. The van der Waals surface area contributed by atoms with Crippen molar-refractivity contribution in [2.24, 2.45) is 5.10 Å². The number of aromatic nitrogens is 1. The van der Waals surface area contributed by atoms with Crippen LogP contribution >= 0.6 is 0 Å². The fourth-order valence-electron chi connectivity index (χ4n) is 3.72. The van der Waals surface area contributed by atoms with E-state index in [0.29, 0.717) is 11.3 Å². The van der Waals surface area contributed by atoms with Crippen LogP contribution in [0, 0.1) is 13.8 Å². The molecule has 0 fully saturated rings. The summed E-state index contributed by atoms with van der Waals surface area (Å²) in [6, 6.07) is 22.1. The number of hydrazone groups is 1. The van der Waals surface area contributed by atoms with Gasteiger partial charge in [0.05, 0.1) is 18.9 Å². The van der Waals surface area contributed by atoms with Gasteiger partial charge in [0.1, 0.15) is 5.75 Å². The van der Waals surface area contributed by atoms with Crippen LogP contribution in [0.15, 0.2) is 78.0 Å². The second-order valence-electron chi connectivity index (χ2n) is 7.62. The number of hydrogen-bond donors (Lipinski definition) is 1. The van der Waals surface area contributed by atoms with Crippen LogP contribution in [-0.2, 0) is 6.54 Å². The van der Waals surface area contributed by atoms with Gasteiger partial charge in [-0.2, -0.15) is 5.10 Å². The summed E-state index contributed by atoms with van der Waals surface area (Å²) in [5.41, 5.74) is 8.64. The van der Waals surface area contributed by atoms with Crippen molar-refractivity contribution in [2.45, 2.75) is 20.4 Å². The molecule has 0 spiro atoms. The zero-order valence-electron chi connectivity index (χ0n) is 17.9. The number of ether oxygens (including phenoxy) is 1. The highest BCUT2D eigenvalue weighted by atomic mass is 16.5. The van der Waals surface area contributed by atoms with Gasteiger partial charge in [-0.05, 0) is 43.2 Å². The normalized spacial score (nSPS) is 11.2. The Kier molecular flexibility index (Phi) is 5.85. The third-order valence-electron chi connectivity index (χ3n) is 5.23. The van der Waals surface area contributed by atoms with Gasteiger partial charge in [-0.15, -0.1) is 0 Å². The Bertz CT molecular complexity index is 1270. The van der Waals surface area contributed by atoms with E-state index >= 15 is 0 Å². The van der Waals surface area contributed by atoms with Gasteiger partial charge in [0, 0.05) is 29.2 Å². The quantitative estimate of drug-likeness (QED) is 0.355. The monoisotopic (exact) mass is 411 g/mol. The fraction of sp³-hybridized carbons (Fsp3) is 0.154. The molecule has 0 aliphatic heterocycles. The van der Waals surface area contributed by atoms with E-state index < -0.39 is 0 Å². The average Bonchev–Trinajstić information content (AvgIpc) is 3.11. The zero-order chi connectivity index (χ0) is 21.8. The Morgan fingerprint density at radius 2 is 1.84 bits per heavy atom. The molecule has 1 amide bonds. The Morgan fingerprint density at radius 3 is 2.65 bits per heavy atom. The highest BCUT2D eigenvalue weighted by molar-refractivity contribution is 6.01. The molecule has 0 aliphatic rings. The Morgan fingerprint density at radius 1 is 1.03 bits per heavy atom. The lowest BCUT2D eigenvalue weighted by Gasteiger charge is -2.07. The van der Waals surface area contributed by atoms with E-state index in [1.165, 1.54) is 11.1 Å². The largest absolute Gasteiger partial charge is 0.496 e. The van der Waals surface area contributed by atoms with Gasteiger partial charge < -0.3 is 9.30 Å². The van der Waals surface area contributed by atoms with Crippen molar-refractivity contribution in [3.05, 3.63) is 101 Å². The maximum atomic E-state index is 12.6. The predicted octanol–water partition coefficient (Wildman–Crippen LogP) is 5.08. The molecule has 156 valence electrons. The molecule has 4 aromatic rings. The molecular formula is C26H25N3O2. The zero-order valence-corrected chi connectivity index (χ0v) is 17.9. The Balaban J connectivity index is 1.57. The average molecular weight is 412 g/mol. The van der Waals surface area contributed by atoms with Crippen LogP contribution in [0.4, 0.5) is 0 Å². The van der Waals surface area contributed by atoms with Crippen molar-refractivity contribution in [1.29, 1.82) is 0 Å². The summed E-state index contributed by atoms with van der Waals surface area (Å²) in [4.78, 5) is 12.6. The van der Waals surface area contributed by atoms with Crippen molar-refractivity contribution >= 4 is 23.0 Å². The van der Waals surface area contributed by atoms with E-state index in [-0.39, 0.29) is 5.91 Å². The first kappa shape index (κ1) is 20.4. The molecule has 1 N–H and O–H groups in total. The molecule has 0 bridgehead atoms. The molecule has 3 aromatic carbocycles. The lowest BCUT2D eigenvalue weighted by molar-refractivity contribution is 0.0952.